The highest BCUT2D eigenvalue weighted by molar-refractivity contribution is 5.52. The number of carbonyl (C=O) groups excluding carboxylic acids is 2. The number of hydrogen-bond donors (Lipinski definition) is 2. The quantitative estimate of drug-likeness (QED) is 0.691. The molecule has 0 saturated heterocycles. The van der Waals surface area contributed by atoms with E-state index in [-0.39, 0.29) is 5.92 Å². The van der Waals surface area contributed by atoms with E-state index in [1.165, 1.54) is 0 Å². The Bertz CT molecular complexity index is 681. The minimum absolute atomic E-state index is 0.0691. The van der Waals surface area contributed by atoms with Crippen LogP contribution in [0.4, 0.5) is 0 Å². The summed E-state index contributed by atoms with van der Waals surface area (Å²) in [5.41, 5.74) is 1.83. The average molecular weight is 356 g/mol. The zero-order valence-electron chi connectivity index (χ0n) is 15.5. The van der Waals surface area contributed by atoms with Crippen LogP contribution in [0.1, 0.15) is 37.8 Å². The molecule has 0 aliphatic heterocycles. The van der Waals surface area contributed by atoms with Gasteiger partial charge in [-0.1, -0.05) is 50.2 Å². The van der Waals surface area contributed by atoms with Crippen LogP contribution in [0.25, 0.3) is 0 Å². The van der Waals surface area contributed by atoms with Crippen LogP contribution in [0.5, 0.6) is 11.5 Å². The minimum atomic E-state index is 0.0691. The highest BCUT2D eigenvalue weighted by Gasteiger charge is 2.06. The third kappa shape index (κ3) is 7.97. The van der Waals surface area contributed by atoms with Gasteiger partial charge in [0.2, 0.25) is 0 Å². The van der Waals surface area contributed by atoms with Gasteiger partial charge in [0.15, 0.2) is 0 Å². The van der Waals surface area contributed by atoms with Gasteiger partial charge in [-0.2, -0.15) is 0 Å². The molecule has 0 fully saturated rings. The lowest BCUT2D eigenvalue weighted by molar-refractivity contribution is -0.111. The number of phenolic OH excluding ortho intramolecular Hbond substituents is 2. The molecule has 0 aliphatic carbocycles. The molecule has 140 valence electrons. The number of hydrogen-bond acceptors (Lipinski definition) is 4. The van der Waals surface area contributed by atoms with Crippen LogP contribution in [0, 0.1) is 11.8 Å². The van der Waals surface area contributed by atoms with E-state index in [1.807, 2.05) is 38.1 Å². The summed E-state index contributed by atoms with van der Waals surface area (Å²) in [5, 5.41) is 18.8. The Balaban J connectivity index is 0.000000260. The van der Waals surface area contributed by atoms with E-state index in [0.717, 1.165) is 43.0 Å². The molecule has 2 aromatic rings. The second-order valence-corrected chi connectivity index (χ2v) is 6.62. The van der Waals surface area contributed by atoms with Gasteiger partial charge in [-0.25, -0.2) is 0 Å². The fourth-order valence-electron chi connectivity index (χ4n) is 2.48. The molecule has 2 aromatic carbocycles. The second kappa shape index (κ2) is 11.9. The summed E-state index contributed by atoms with van der Waals surface area (Å²) in [6.07, 6.45) is 4.72. The summed E-state index contributed by atoms with van der Waals surface area (Å²) in [6.45, 7) is 3.88. The van der Waals surface area contributed by atoms with Gasteiger partial charge < -0.3 is 19.8 Å². The van der Waals surface area contributed by atoms with Crippen molar-refractivity contribution in [1.82, 2.24) is 0 Å². The van der Waals surface area contributed by atoms with Crippen molar-refractivity contribution in [2.75, 3.05) is 0 Å². The van der Waals surface area contributed by atoms with Crippen molar-refractivity contribution in [3.63, 3.8) is 0 Å². The molecule has 0 bridgehead atoms. The van der Waals surface area contributed by atoms with E-state index in [2.05, 4.69) is 0 Å². The number of carbonyl (C=O) groups is 2. The number of aromatic hydroxyl groups is 2. The number of aldehydes is 2. The molecule has 4 heteroatoms. The van der Waals surface area contributed by atoms with Crippen molar-refractivity contribution in [2.45, 2.75) is 39.5 Å². The second-order valence-electron chi connectivity index (χ2n) is 6.62. The van der Waals surface area contributed by atoms with Gasteiger partial charge >= 0.3 is 0 Å². The first-order valence-electron chi connectivity index (χ1n) is 8.90. The summed E-state index contributed by atoms with van der Waals surface area (Å²) in [6, 6.07) is 14.5. The van der Waals surface area contributed by atoms with E-state index in [0.29, 0.717) is 23.8 Å². The summed E-state index contributed by atoms with van der Waals surface area (Å²) in [5.74, 6) is 1.01. The zero-order chi connectivity index (χ0) is 19.4. The minimum Gasteiger partial charge on any atom is -0.508 e. The van der Waals surface area contributed by atoms with E-state index in [9.17, 15) is 19.8 Å². The summed E-state index contributed by atoms with van der Waals surface area (Å²) >= 11 is 0. The molecule has 2 rings (SSSR count). The Hall–Kier alpha value is -2.62. The summed E-state index contributed by atoms with van der Waals surface area (Å²) < 4.78 is 0. The van der Waals surface area contributed by atoms with E-state index in [4.69, 9.17) is 0 Å². The fourth-order valence-corrected chi connectivity index (χ4v) is 2.48. The number of aryl methyl sites for hydroxylation is 1. The Morgan fingerprint density at radius 3 is 1.92 bits per heavy atom. The predicted octanol–water partition coefficient (Wildman–Crippen LogP) is 4.32. The standard InChI is InChI=1S/2C11H14O2/c1-9(6-7-12)8-10-4-2-3-5-11(10)13;1-9(8-12)6-7-10-4-2-3-5-11(10)13/h2-5,7,9,13H,6,8H2,1H3;2-5,8-9,13H,6-7H2,1H3. The maximum Gasteiger partial charge on any atom is 0.122 e. The summed E-state index contributed by atoms with van der Waals surface area (Å²) in [4.78, 5) is 20.6. The molecular formula is C22H28O4. The Labute approximate surface area is 155 Å². The van der Waals surface area contributed by atoms with Gasteiger partial charge in [0.25, 0.3) is 0 Å². The third-order valence-corrected chi connectivity index (χ3v) is 4.15. The maximum atomic E-state index is 10.3. The molecule has 0 amide bonds. The zero-order valence-corrected chi connectivity index (χ0v) is 15.5. The fraction of sp³-hybridized carbons (Fsp3) is 0.364. The topological polar surface area (TPSA) is 74.6 Å². The predicted molar refractivity (Wildman–Crippen MR) is 103 cm³/mol. The molecule has 0 aliphatic rings. The van der Waals surface area contributed by atoms with Crippen LogP contribution >= 0.6 is 0 Å². The highest BCUT2D eigenvalue weighted by Crippen LogP contribution is 2.20. The lowest BCUT2D eigenvalue weighted by atomic mass is 9.98. The van der Waals surface area contributed by atoms with Crippen molar-refractivity contribution in [1.29, 1.82) is 0 Å². The molecule has 4 nitrogen and oxygen atoms in total. The first kappa shape index (κ1) is 21.4. The van der Waals surface area contributed by atoms with Crippen LogP contribution in [-0.4, -0.2) is 22.8 Å². The number of benzene rings is 2. The first-order chi connectivity index (χ1) is 12.5. The molecule has 0 saturated carbocycles. The summed E-state index contributed by atoms with van der Waals surface area (Å²) in [7, 11) is 0. The Morgan fingerprint density at radius 2 is 1.42 bits per heavy atom. The van der Waals surface area contributed by atoms with E-state index >= 15 is 0 Å². The Kier molecular flexibility index (Phi) is 9.77. The lowest BCUT2D eigenvalue weighted by Gasteiger charge is -2.08. The molecular weight excluding hydrogens is 328 g/mol. The maximum absolute atomic E-state index is 10.3. The normalized spacial score (nSPS) is 12.4. The monoisotopic (exact) mass is 356 g/mol. The molecule has 0 heterocycles. The number of phenols is 2. The molecule has 26 heavy (non-hydrogen) atoms. The first-order valence-corrected chi connectivity index (χ1v) is 8.90. The van der Waals surface area contributed by atoms with Gasteiger partial charge in [-0.05, 0) is 48.4 Å². The van der Waals surface area contributed by atoms with Crippen molar-refractivity contribution in [3.8, 4) is 11.5 Å². The Morgan fingerprint density at radius 1 is 0.885 bits per heavy atom. The molecule has 0 aromatic heterocycles. The van der Waals surface area contributed by atoms with Crippen LogP contribution in [0.15, 0.2) is 48.5 Å². The van der Waals surface area contributed by atoms with Gasteiger partial charge in [-0.15, -0.1) is 0 Å². The van der Waals surface area contributed by atoms with Crippen LogP contribution in [-0.2, 0) is 22.4 Å². The van der Waals surface area contributed by atoms with Gasteiger partial charge in [0.1, 0.15) is 24.1 Å². The highest BCUT2D eigenvalue weighted by atomic mass is 16.3. The van der Waals surface area contributed by atoms with Crippen LogP contribution in [0.2, 0.25) is 0 Å². The van der Waals surface area contributed by atoms with Crippen LogP contribution in [0.3, 0.4) is 0 Å². The lowest BCUT2D eigenvalue weighted by Crippen LogP contribution is -2.00. The SMILES string of the molecule is CC(C=O)CCc1ccccc1O.CC(CC=O)Cc1ccccc1O. The molecule has 0 radical (unpaired) electrons. The van der Waals surface area contributed by atoms with Gasteiger partial charge in [0, 0.05) is 12.3 Å². The van der Waals surface area contributed by atoms with Crippen molar-refractivity contribution in [2.24, 2.45) is 11.8 Å². The van der Waals surface area contributed by atoms with E-state index in [1.54, 1.807) is 24.3 Å². The molecule has 0 spiro atoms. The number of rotatable bonds is 8. The van der Waals surface area contributed by atoms with Gasteiger partial charge in [0.05, 0.1) is 0 Å². The average Bonchev–Trinajstić information content (AvgIpc) is 2.63. The van der Waals surface area contributed by atoms with Crippen LogP contribution < -0.4 is 0 Å². The van der Waals surface area contributed by atoms with E-state index < -0.39 is 0 Å². The third-order valence-electron chi connectivity index (χ3n) is 4.15. The number of para-hydroxylation sites is 2. The van der Waals surface area contributed by atoms with Crippen molar-refractivity contribution >= 4 is 12.6 Å². The smallest absolute Gasteiger partial charge is 0.122 e. The molecule has 2 unspecified atom stereocenters. The van der Waals surface area contributed by atoms with Crippen molar-refractivity contribution < 1.29 is 19.8 Å². The van der Waals surface area contributed by atoms with Gasteiger partial charge in [-0.3, -0.25) is 0 Å². The molecule has 2 atom stereocenters. The molecule has 2 N–H and O–H groups in total. The largest absolute Gasteiger partial charge is 0.508 e. The van der Waals surface area contributed by atoms with Crippen molar-refractivity contribution in [3.05, 3.63) is 59.7 Å².